The molecule has 0 aromatic heterocycles. The maximum Gasteiger partial charge on any atom is 0.255 e. The zero-order chi connectivity index (χ0) is 21.2. The smallest absolute Gasteiger partial charge is 0.255 e. The molecule has 31 heavy (non-hydrogen) atoms. The number of hydrogen-bond acceptors (Lipinski definition) is 3. The van der Waals surface area contributed by atoms with Crippen molar-refractivity contribution in [3.05, 3.63) is 95.1 Å². The Morgan fingerprint density at radius 3 is 2.32 bits per heavy atom. The van der Waals surface area contributed by atoms with E-state index < -0.39 is 0 Å². The van der Waals surface area contributed by atoms with Crippen molar-refractivity contribution in [1.82, 2.24) is 4.90 Å². The van der Waals surface area contributed by atoms with Crippen LogP contribution in [0.4, 0.5) is 5.69 Å². The average Bonchev–Trinajstić information content (AvgIpc) is 3.26. The normalized spacial score (nSPS) is 14.8. The second-order valence-corrected chi connectivity index (χ2v) is 8.97. The summed E-state index contributed by atoms with van der Waals surface area (Å²) in [4.78, 5) is 30.9. The number of fused-ring (bicyclic) bond motifs is 2. The Balaban J connectivity index is 1.29. The van der Waals surface area contributed by atoms with Gasteiger partial charge in [-0.2, -0.15) is 0 Å². The molecule has 2 aliphatic heterocycles. The first-order chi connectivity index (χ1) is 15.2. The number of para-hydroxylation sites is 1. The Morgan fingerprint density at radius 2 is 1.45 bits per heavy atom. The predicted octanol–water partition coefficient (Wildman–Crippen LogP) is 4.57. The maximum atomic E-state index is 13.3. The highest BCUT2D eigenvalue weighted by atomic mass is 32.2. The molecule has 0 atom stereocenters. The van der Waals surface area contributed by atoms with Gasteiger partial charge in [0, 0.05) is 30.2 Å². The molecule has 0 unspecified atom stereocenters. The van der Waals surface area contributed by atoms with Gasteiger partial charge in [0.2, 0.25) is 5.91 Å². The van der Waals surface area contributed by atoms with Crippen LogP contribution >= 0.6 is 11.8 Å². The van der Waals surface area contributed by atoms with Gasteiger partial charge in [0.25, 0.3) is 5.91 Å². The van der Waals surface area contributed by atoms with Crippen molar-refractivity contribution >= 4 is 29.3 Å². The predicted molar refractivity (Wildman–Crippen MR) is 125 cm³/mol. The fourth-order valence-electron chi connectivity index (χ4n) is 4.42. The van der Waals surface area contributed by atoms with Gasteiger partial charge >= 0.3 is 0 Å². The van der Waals surface area contributed by atoms with Crippen LogP contribution in [0.15, 0.2) is 77.7 Å². The van der Waals surface area contributed by atoms with Crippen LogP contribution in [-0.4, -0.2) is 35.6 Å². The lowest BCUT2D eigenvalue weighted by Gasteiger charge is -2.29. The highest BCUT2D eigenvalue weighted by Crippen LogP contribution is 2.30. The van der Waals surface area contributed by atoms with Gasteiger partial charge < -0.3 is 9.80 Å². The van der Waals surface area contributed by atoms with E-state index in [2.05, 4.69) is 24.3 Å². The van der Waals surface area contributed by atoms with Gasteiger partial charge in [-0.1, -0.05) is 54.6 Å². The lowest BCUT2D eigenvalue weighted by atomic mass is 9.99. The number of anilines is 1. The summed E-state index contributed by atoms with van der Waals surface area (Å²) in [5.74, 6) is 0.447. The van der Waals surface area contributed by atoms with E-state index in [0.717, 1.165) is 36.5 Å². The standard InChI is InChI=1S/C26H24N2O2S/c29-25(28-16-14-20-8-3-5-11-23(20)28)18-31-24-12-6-4-10-22(24)26(30)27-15-13-19-7-1-2-9-21(19)17-27/h1-12H,13-18H2. The summed E-state index contributed by atoms with van der Waals surface area (Å²) in [6.45, 7) is 2.09. The minimum atomic E-state index is 0.0385. The van der Waals surface area contributed by atoms with E-state index in [1.807, 2.05) is 58.3 Å². The Hall–Kier alpha value is -3.05. The second kappa shape index (κ2) is 8.60. The van der Waals surface area contributed by atoms with Crippen molar-refractivity contribution in [2.75, 3.05) is 23.7 Å². The topological polar surface area (TPSA) is 40.6 Å². The van der Waals surface area contributed by atoms with Crippen molar-refractivity contribution in [3.63, 3.8) is 0 Å². The fourth-order valence-corrected chi connectivity index (χ4v) is 5.34. The van der Waals surface area contributed by atoms with Crippen molar-refractivity contribution in [1.29, 1.82) is 0 Å². The van der Waals surface area contributed by atoms with Gasteiger partial charge in [0.15, 0.2) is 0 Å². The van der Waals surface area contributed by atoms with Gasteiger partial charge in [0.05, 0.1) is 11.3 Å². The Bertz CT molecular complexity index is 1140. The summed E-state index contributed by atoms with van der Waals surface area (Å²) in [6.07, 6.45) is 1.78. The number of thioether (sulfide) groups is 1. The van der Waals surface area contributed by atoms with Crippen molar-refractivity contribution in [3.8, 4) is 0 Å². The lowest BCUT2D eigenvalue weighted by molar-refractivity contribution is -0.116. The van der Waals surface area contributed by atoms with Crippen LogP contribution in [-0.2, 0) is 24.2 Å². The van der Waals surface area contributed by atoms with Crippen LogP contribution in [0.25, 0.3) is 0 Å². The summed E-state index contributed by atoms with van der Waals surface area (Å²) in [5, 5.41) is 0. The first kappa shape index (κ1) is 19.9. The maximum absolute atomic E-state index is 13.3. The summed E-state index contributed by atoms with van der Waals surface area (Å²) < 4.78 is 0. The third-order valence-corrected chi connectivity index (χ3v) is 7.13. The number of benzene rings is 3. The van der Waals surface area contributed by atoms with E-state index in [0.29, 0.717) is 17.9 Å². The van der Waals surface area contributed by atoms with E-state index in [4.69, 9.17) is 0 Å². The monoisotopic (exact) mass is 428 g/mol. The first-order valence-electron chi connectivity index (χ1n) is 10.7. The second-order valence-electron chi connectivity index (χ2n) is 7.95. The molecule has 0 saturated carbocycles. The van der Waals surface area contributed by atoms with Crippen molar-refractivity contribution < 1.29 is 9.59 Å². The summed E-state index contributed by atoms with van der Waals surface area (Å²) >= 11 is 1.46. The molecular weight excluding hydrogens is 404 g/mol. The Morgan fingerprint density at radius 1 is 0.774 bits per heavy atom. The molecule has 2 heterocycles. The van der Waals surface area contributed by atoms with Gasteiger partial charge in [-0.15, -0.1) is 11.8 Å². The largest absolute Gasteiger partial charge is 0.334 e. The third kappa shape index (κ3) is 3.98. The summed E-state index contributed by atoms with van der Waals surface area (Å²) in [5.41, 5.74) is 5.47. The highest BCUT2D eigenvalue weighted by molar-refractivity contribution is 8.00. The molecule has 0 radical (unpaired) electrons. The SMILES string of the molecule is O=C(c1ccccc1SCC(=O)N1CCc2ccccc21)N1CCc2ccccc2C1. The van der Waals surface area contributed by atoms with Gasteiger partial charge in [0.1, 0.15) is 0 Å². The minimum absolute atomic E-state index is 0.0385. The Labute approximate surface area is 186 Å². The zero-order valence-electron chi connectivity index (χ0n) is 17.3. The number of carbonyl (C=O) groups is 2. The first-order valence-corrected chi connectivity index (χ1v) is 11.7. The van der Waals surface area contributed by atoms with E-state index >= 15 is 0 Å². The number of amides is 2. The van der Waals surface area contributed by atoms with E-state index in [1.54, 1.807) is 0 Å². The van der Waals surface area contributed by atoms with Crippen molar-refractivity contribution in [2.45, 2.75) is 24.3 Å². The van der Waals surface area contributed by atoms with Gasteiger partial charge in [-0.25, -0.2) is 0 Å². The van der Waals surface area contributed by atoms with Crippen LogP contribution in [0.2, 0.25) is 0 Å². The zero-order valence-corrected chi connectivity index (χ0v) is 18.1. The Kier molecular flexibility index (Phi) is 5.51. The van der Waals surface area contributed by atoms with Crippen molar-refractivity contribution in [2.24, 2.45) is 0 Å². The molecular formula is C26H24N2O2S. The molecule has 0 spiro atoms. The molecule has 3 aromatic rings. The lowest BCUT2D eigenvalue weighted by Crippen LogP contribution is -2.36. The van der Waals surface area contributed by atoms with Gasteiger partial charge in [-0.3, -0.25) is 9.59 Å². The van der Waals surface area contributed by atoms with E-state index in [1.165, 1.54) is 28.5 Å². The third-order valence-electron chi connectivity index (χ3n) is 6.07. The number of nitrogens with zero attached hydrogens (tertiary/aromatic N) is 2. The van der Waals surface area contributed by atoms with Crippen LogP contribution < -0.4 is 4.90 Å². The molecule has 0 saturated heterocycles. The van der Waals surface area contributed by atoms with Crippen LogP contribution in [0.5, 0.6) is 0 Å². The van der Waals surface area contributed by atoms with E-state index in [9.17, 15) is 9.59 Å². The molecule has 156 valence electrons. The molecule has 0 aliphatic carbocycles. The minimum Gasteiger partial charge on any atom is -0.334 e. The average molecular weight is 429 g/mol. The number of carbonyl (C=O) groups excluding carboxylic acids is 2. The van der Waals surface area contributed by atoms with Gasteiger partial charge in [-0.05, 0) is 47.7 Å². The van der Waals surface area contributed by atoms with Crippen LogP contribution in [0.1, 0.15) is 27.0 Å². The molecule has 5 rings (SSSR count). The van der Waals surface area contributed by atoms with Crippen LogP contribution in [0.3, 0.4) is 0 Å². The number of hydrogen-bond donors (Lipinski definition) is 0. The molecule has 3 aromatic carbocycles. The van der Waals surface area contributed by atoms with E-state index in [-0.39, 0.29) is 11.8 Å². The molecule has 4 nitrogen and oxygen atoms in total. The quantitative estimate of drug-likeness (QED) is 0.572. The number of rotatable bonds is 4. The fraction of sp³-hybridized carbons (Fsp3) is 0.231. The molecule has 2 aliphatic rings. The van der Waals surface area contributed by atoms with Crippen LogP contribution in [0, 0.1) is 0 Å². The summed E-state index contributed by atoms with van der Waals surface area (Å²) in [7, 11) is 0. The highest BCUT2D eigenvalue weighted by Gasteiger charge is 2.26. The molecule has 5 heteroatoms. The molecule has 0 bridgehead atoms. The molecule has 0 fully saturated rings. The molecule has 2 amide bonds. The summed E-state index contributed by atoms with van der Waals surface area (Å²) in [6, 6.07) is 24.1. The molecule has 0 N–H and O–H groups in total.